The maximum atomic E-state index is 12.4. The summed E-state index contributed by atoms with van der Waals surface area (Å²) in [6, 6.07) is 3.76. The van der Waals surface area contributed by atoms with E-state index in [9.17, 15) is 9.59 Å². The van der Waals surface area contributed by atoms with Gasteiger partial charge in [-0.2, -0.15) is 0 Å². The third-order valence-corrected chi connectivity index (χ3v) is 4.81. The van der Waals surface area contributed by atoms with Gasteiger partial charge in [0.05, 0.1) is 23.6 Å². The fourth-order valence-electron chi connectivity index (χ4n) is 2.07. The molecule has 130 valence electrons. The summed E-state index contributed by atoms with van der Waals surface area (Å²) in [6.45, 7) is 3.76. The van der Waals surface area contributed by atoms with Gasteiger partial charge in [-0.15, -0.1) is 22.7 Å². The van der Waals surface area contributed by atoms with Gasteiger partial charge in [-0.05, 0) is 25.3 Å². The predicted molar refractivity (Wildman–Crippen MR) is 95.0 cm³/mol. The van der Waals surface area contributed by atoms with Crippen molar-refractivity contribution < 1.29 is 18.7 Å². The molecular weight excluding hydrogens is 362 g/mol. The van der Waals surface area contributed by atoms with E-state index in [1.165, 1.54) is 22.7 Å². The Labute approximate surface area is 151 Å². The second kappa shape index (κ2) is 7.58. The highest BCUT2D eigenvalue weighted by Gasteiger charge is 2.20. The van der Waals surface area contributed by atoms with Crippen LogP contribution in [0.5, 0.6) is 0 Å². The van der Waals surface area contributed by atoms with Crippen LogP contribution in [0, 0.1) is 6.92 Å². The van der Waals surface area contributed by atoms with Crippen molar-refractivity contribution in [1.82, 2.24) is 9.97 Å². The van der Waals surface area contributed by atoms with Crippen LogP contribution in [-0.4, -0.2) is 28.5 Å². The summed E-state index contributed by atoms with van der Waals surface area (Å²) in [7, 11) is 0. The van der Waals surface area contributed by atoms with Crippen molar-refractivity contribution in [2.24, 2.45) is 0 Å². The van der Waals surface area contributed by atoms with Gasteiger partial charge < -0.3 is 9.15 Å². The van der Waals surface area contributed by atoms with E-state index < -0.39 is 5.91 Å². The van der Waals surface area contributed by atoms with Crippen molar-refractivity contribution in [2.45, 2.75) is 20.3 Å². The number of anilines is 1. The lowest BCUT2D eigenvalue weighted by atomic mass is 10.3. The molecule has 0 saturated carbocycles. The molecule has 0 aliphatic rings. The highest BCUT2D eigenvalue weighted by atomic mass is 32.1. The molecule has 0 aromatic carbocycles. The lowest BCUT2D eigenvalue weighted by Crippen LogP contribution is -2.13. The van der Waals surface area contributed by atoms with Gasteiger partial charge in [-0.25, -0.2) is 9.97 Å². The second-order valence-corrected chi connectivity index (χ2v) is 6.79. The van der Waals surface area contributed by atoms with Crippen molar-refractivity contribution in [3.63, 3.8) is 0 Å². The average molecular weight is 377 g/mol. The van der Waals surface area contributed by atoms with Gasteiger partial charge in [0.25, 0.3) is 5.91 Å². The van der Waals surface area contributed by atoms with Crippen LogP contribution in [0.2, 0.25) is 0 Å². The quantitative estimate of drug-likeness (QED) is 0.661. The van der Waals surface area contributed by atoms with Crippen molar-refractivity contribution in [1.29, 1.82) is 0 Å². The minimum atomic E-state index is -0.402. The summed E-state index contributed by atoms with van der Waals surface area (Å²) in [5.41, 5.74) is 0.764. The smallest absolute Gasteiger partial charge is 0.311 e. The van der Waals surface area contributed by atoms with Crippen LogP contribution in [0.4, 0.5) is 5.13 Å². The number of thiophene rings is 1. The number of esters is 1. The number of aryl methyl sites for hydroxylation is 1. The van der Waals surface area contributed by atoms with Crippen LogP contribution in [0.15, 0.2) is 27.3 Å². The lowest BCUT2D eigenvalue weighted by Gasteiger charge is -1.99. The van der Waals surface area contributed by atoms with E-state index in [1.54, 1.807) is 19.2 Å². The second-order valence-electron chi connectivity index (χ2n) is 4.98. The highest BCUT2D eigenvalue weighted by Crippen LogP contribution is 2.26. The van der Waals surface area contributed by atoms with Gasteiger partial charge in [0, 0.05) is 5.38 Å². The van der Waals surface area contributed by atoms with Gasteiger partial charge in [0.1, 0.15) is 5.76 Å². The topological polar surface area (TPSA) is 94.3 Å². The van der Waals surface area contributed by atoms with E-state index in [1.807, 2.05) is 17.5 Å². The average Bonchev–Trinajstić information content (AvgIpc) is 3.28. The minimum absolute atomic E-state index is 0.0751. The van der Waals surface area contributed by atoms with E-state index in [-0.39, 0.29) is 18.1 Å². The van der Waals surface area contributed by atoms with Gasteiger partial charge in [0.2, 0.25) is 5.89 Å². The Kier molecular flexibility index (Phi) is 5.25. The lowest BCUT2D eigenvalue weighted by molar-refractivity contribution is -0.142. The van der Waals surface area contributed by atoms with E-state index in [2.05, 4.69) is 15.3 Å². The number of nitrogens with one attached hydrogen (secondary N) is 1. The van der Waals surface area contributed by atoms with Crippen molar-refractivity contribution >= 4 is 39.7 Å². The number of oxazole rings is 1. The van der Waals surface area contributed by atoms with Gasteiger partial charge in [-0.3, -0.25) is 14.9 Å². The van der Waals surface area contributed by atoms with Gasteiger partial charge in [-0.1, -0.05) is 6.07 Å². The Morgan fingerprint density at radius 1 is 1.32 bits per heavy atom. The Balaban J connectivity index is 1.69. The van der Waals surface area contributed by atoms with Crippen LogP contribution in [-0.2, 0) is 16.0 Å². The zero-order valence-corrected chi connectivity index (χ0v) is 15.2. The molecule has 0 bridgehead atoms. The molecule has 0 saturated heterocycles. The molecular formula is C16H15N3O4S2. The number of rotatable bonds is 6. The number of aromatic nitrogens is 2. The first kappa shape index (κ1) is 17.3. The molecule has 1 N–H and O–H groups in total. The number of carbonyl (C=O) groups is 2. The van der Waals surface area contributed by atoms with E-state index in [0.717, 1.165) is 4.88 Å². The standard InChI is InChI=1S/C16H15N3O4S2/c1-3-22-12(20)7-10-8-25-16(17-10)19-14(21)13-9(2)23-15(18-13)11-5-4-6-24-11/h4-6,8H,3,7H2,1-2H3,(H,17,19,21). The molecule has 3 heterocycles. The largest absolute Gasteiger partial charge is 0.466 e. The Bertz CT molecular complexity index is 883. The third-order valence-electron chi connectivity index (χ3n) is 3.15. The monoisotopic (exact) mass is 377 g/mol. The number of ether oxygens (including phenoxy) is 1. The maximum absolute atomic E-state index is 12.4. The van der Waals surface area contributed by atoms with Crippen LogP contribution in [0.3, 0.4) is 0 Å². The highest BCUT2D eigenvalue weighted by molar-refractivity contribution is 7.14. The van der Waals surface area contributed by atoms with Crippen LogP contribution < -0.4 is 5.32 Å². The summed E-state index contributed by atoms with van der Waals surface area (Å²) in [4.78, 5) is 33.2. The first-order valence-corrected chi connectivity index (χ1v) is 9.25. The fraction of sp³-hybridized carbons (Fsp3) is 0.250. The number of hydrogen-bond acceptors (Lipinski definition) is 8. The van der Waals surface area contributed by atoms with Crippen LogP contribution in [0.1, 0.15) is 28.9 Å². The van der Waals surface area contributed by atoms with Crippen molar-refractivity contribution in [2.75, 3.05) is 11.9 Å². The Morgan fingerprint density at radius 2 is 2.16 bits per heavy atom. The van der Waals surface area contributed by atoms with E-state index >= 15 is 0 Å². The van der Waals surface area contributed by atoms with Crippen LogP contribution >= 0.6 is 22.7 Å². The third kappa shape index (κ3) is 4.12. The Hall–Kier alpha value is -2.52. The molecule has 7 nitrogen and oxygen atoms in total. The SMILES string of the molecule is CCOC(=O)Cc1csc(NC(=O)c2nc(-c3cccs3)oc2C)n1. The molecule has 0 aliphatic carbocycles. The molecule has 25 heavy (non-hydrogen) atoms. The molecule has 3 rings (SSSR count). The summed E-state index contributed by atoms with van der Waals surface area (Å²) in [6.07, 6.45) is 0.0751. The first-order chi connectivity index (χ1) is 12.1. The number of hydrogen-bond donors (Lipinski definition) is 1. The minimum Gasteiger partial charge on any atom is -0.466 e. The number of thiazole rings is 1. The molecule has 0 atom stereocenters. The Morgan fingerprint density at radius 3 is 2.88 bits per heavy atom. The molecule has 3 aromatic heterocycles. The normalized spacial score (nSPS) is 10.6. The molecule has 0 radical (unpaired) electrons. The molecule has 9 heteroatoms. The molecule has 0 fully saturated rings. The molecule has 0 unspecified atom stereocenters. The number of amides is 1. The van der Waals surface area contributed by atoms with Gasteiger partial charge in [0.15, 0.2) is 10.8 Å². The molecule has 1 amide bonds. The molecule has 0 spiro atoms. The van der Waals surface area contributed by atoms with Crippen molar-refractivity contribution in [3.8, 4) is 10.8 Å². The predicted octanol–water partition coefficient (Wildman–Crippen LogP) is 3.53. The molecule has 0 aliphatic heterocycles. The number of carbonyl (C=O) groups excluding carboxylic acids is 2. The zero-order valence-electron chi connectivity index (χ0n) is 13.6. The number of nitrogens with zero attached hydrogens (tertiary/aromatic N) is 2. The fourth-order valence-corrected chi connectivity index (χ4v) is 3.43. The van der Waals surface area contributed by atoms with E-state index in [0.29, 0.717) is 29.1 Å². The van der Waals surface area contributed by atoms with Gasteiger partial charge >= 0.3 is 5.97 Å². The first-order valence-electron chi connectivity index (χ1n) is 7.49. The summed E-state index contributed by atoms with van der Waals surface area (Å²) in [5, 5.41) is 6.69. The summed E-state index contributed by atoms with van der Waals surface area (Å²) >= 11 is 2.72. The van der Waals surface area contributed by atoms with E-state index in [4.69, 9.17) is 9.15 Å². The molecule has 3 aromatic rings. The van der Waals surface area contributed by atoms with Crippen LogP contribution in [0.25, 0.3) is 10.8 Å². The maximum Gasteiger partial charge on any atom is 0.311 e. The summed E-state index contributed by atoms with van der Waals surface area (Å²) < 4.78 is 10.4. The zero-order chi connectivity index (χ0) is 17.8. The van der Waals surface area contributed by atoms with Crippen molar-refractivity contribution in [3.05, 3.63) is 40.0 Å². The summed E-state index contributed by atoms with van der Waals surface area (Å²) in [5.74, 6) is 0.101.